The molecule has 0 radical (unpaired) electrons. The van der Waals surface area contributed by atoms with Gasteiger partial charge in [-0.15, -0.1) is 0 Å². The summed E-state index contributed by atoms with van der Waals surface area (Å²) in [4.78, 5) is 11.4. The number of nitrogens with one attached hydrogen (secondary N) is 1. The van der Waals surface area contributed by atoms with Gasteiger partial charge < -0.3 is 19.9 Å². The molecular weight excluding hydrogens is 394 g/mol. The first-order valence-electron chi connectivity index (χ1n) is 9.43. The number of rotatable bonds is 10. The molecule has 0 bridgehead atoms. The number of sulfone groups is 1. The van der Waals surface area contributed by atoms with Gasteiger partial charge in [0.15, 0.2) is 27.1 Å². The van der Waals surface area contributed by atoms with E-state index < -0.39 is 15.8 Å². The maximum Gasteiger partial charge on any atom is 0.335 e. The topological polar surface area (TPSA) is 102 Å². The molecule has 0 fully saturated rings. The minimum atomic E-state index is -3.75. The van der Waals surface area contributed by atoms with E-state index in [9.17, 15) is 18.3 Å². The third kappa shape index (κ3) is 5.41. The van der Waals surface area contributed by atoms with E-state index in [0.29, 0.717) is 23.7 Å². The lowest BCUT2D eigenvalue weighted by Crippen LogP contribution is -2.12. The molecule has 29 heavy (non-hydrogen) atoms. The number of ether oxygens (including phenoxy) is 2. The molecule has 7 nitrogen and oxygen atoms in total. The number of anilines is 1. The van der Waals surface area contributed by atoms with Gasteiger partial charge in [-0.2, -0.15) is 0 Å². The van der Waals surface area contributed by atoms with Crippen molar-refractivity contribution in [1.29, 1.82) is 0 Å². The lowest BCUT2D eigenvalue weighted by atomic mass is 10.1. The van der Waals surface area contributed by atoms with E-state index in [1.165, 1.54) is 20.1 Å². The summed E-state index contributed by atoms with van der Waals surface area (Å²) in [6.45, 7) is 5.98. The van der Waals surface area contributed by atoms with Crippen LogP contribution in [0.3, 0.4) is 0 Å². The van der Waals surface area contributed by atoms with E-state index in [-0.39, 0.29) is 22.0 Å². The first-order valence-corrected chi connectivity index (χ1v) is 11.1. The summed E-state index contributed by atoms with van der Waals surface area (Å²) in [5.41, 5.74) is 1.14. The van der Waals surface area contributed by atoms with Crippen LogP contribution < -0.4 is 14.8 Å². The van der Waals surface area contributed by atoms with Gasteiger partial charge in [0, 0.05) is 6.54 Å². The van der Waals surface area contributed by atoms with Crippen LogP contribution in [0.2, 0.25) is 0 Å². The molecular formula is C21H27NO6S. The van der Waals surface area contributed by atoms with Crippen molar-refractivity contribution in [3.05, 3.63) is 41.5 Å². The Morgan fingerprint density at radius 1 is 1.14 bits per heavy atom. The van der Waals surface area contributed by atoms with Gasteiger partial charge in [0.2, 0.25) is 0 Å². The first-order chi connectivity index (χ1) is 13.7. The third-order valence-electron chi connectivity index (χ3n) is 4.39. The second-order valence-electron chi connectivity index (χ2n) is 6.60. The second-order valence-corrected chi connectivity index (χ2v) is 8.84. The van der Waals surface area contributed by atoms with Crippen molar-refractivity contribution in [2.75, 3.05) is 24.7 Å². The maximum atomic E-state index is 12.7. The van der Waals surface area contributed by atoms with Gasteiger partial charge in [0.05, 0.1) is 24.1 Å². The molecule has 0 heterocycles. The van der Waals surface area contributed by atoms with Crippen molar-refractivity contribution in [1.82, 2.24) is 0 Å². The van der Waals surface area contributed by atoms with Crippen molar-refractivity contribution in [3.8, 4) is 17.2 Å². The molecule has 2 N–H and O–H groups in total. The number of hydrogen-bond acceptors (Lipinski definition) is 6. The normalized spacial score (nSPS) is 11.2. The summed E-state index contributed by atoms with van der Waals surface area (Å²) in [6.07, 6.45) is 1.76. The van der Waals surface area contributed by atoms with Gasteiger partial charge in [0.25, 0.3) is 0 Å². The number of methoxy groups -OCH3 is 1. The SMILES string of the molecule is CCCCNc1cc(C(=O)O)cc(S(=O)(=O)CC)c1Oc1ccc(C)cc1OC. The minimum absolute atomic E-state index is 0.0649. The number of unbranched alkanes of at least 4 members (excludes halogenated alkanes) is 1. The number of aryl methyl sites for hydroxylation is 1. The molecule has 2 rings (SSSR count). The average Bonchev–Trinajstić information content (AvgIpc) is 2.69. The highest BCUT2D eigenvalue weighted by molar-refractivity contribution is 7.91. The Balaban J connectivity index is 2.70. The predicted octanol–water partition coefficient (Wildman–Crippen LogP) is 4.50. The predicted molar refractivity (Wildman–Crippen MR) is 112 cm³/mol. The number of aromatic carboxylic acids is 1. The summed E-state index contributed by atoms with van der Waals surface area (Å²) >= 11 is 0. The molecule has 158 valence electrons. The van der Waals surface area contributed by atoms with Gasteiger partial charge in [0.1, 0.15) is 4.90 Å². The molecule has 0 saturated heterocycles. The zero-order valence-corrected chi connectivity index (χ0v) is 17.9. The second kappa shape index (κ2) is 9.65. The molecule has 0 aromatic heterocycles. The Morgan fingerprint density at radius 3 is 2.45 bits per heavy atom. The van der Waals surface area contributed by atoms with Crippen molar-refractivity contribution in [2.24, 2.45) is 0 Å². The summed E-state index contributed by atoms with van der Waals surface area (Å²) in [5.74, 6) is -0.545. The Labute approximate surface area is 171 Å². The molecule has 0 atom stereocenters. The van der Waals surface area contributed by atoms with E-state index in [4.69, 9.17) is 9.47 Å². The quantitative estimate of drug-likeness (QED) is 0.545. The lowest BCUT2D eigenvalue weighted by molar-refractivity contribution is 0.0696. The van der Waals surface area contributed by atoms with Crippen molar-refractivity contribution in [2.45, 2.75) is 38.5 Å². The molecule has 0 aliphatic carbocycles. The third-order valence-corrected chi connectivity index (χ3v) is 6.13. The first kappa shape index (κ1) is 22.5. The van der Waals surface area contributed by atoms with Crippen LogP contribution in [0.15, 0.2) is 35.2 Å². The van der Waals surface area contributed by atoms with Crippen molar-refractivity contribution < 1.29 is 27.8 Å². The number of carboxylic acids is 1. The number of hydrogen-bond donors (Lipinski definition) is 2. The monoisotopic (exact) mass is 421 g/mol. The van der Waals surface area contributed by atoms with Crippen LogP contribution in [-0.2, 0) is 9.84 Å². The highest BCUT2D eigenvalue weighted by atomic mass is 32.2. The molecule has 2 aromatic rings. The Hall–Kier alpha value is -2.74. The van der Waals surface area contributed by atoms with Crippen molar-refractivity contribution in [3.63, 3.8) is 0 Å². The zero-order chi connectivity index (χ0) is 21.6. The summed E-state index contributed by atoms with van der Waals surface area (Å²) in [5, 5.41) is 12.6. The summed E-state index contributed by atoms with van der Waals surface area (Å²) in [7, 11) is -2.26. The van der Waals surface area contributed by atoms with Crippen LogP contribution in [0, 0.1) is 6.92 Å². The van der Waals surface area contributed by atoms with E-state index in [0.717, 1.165) is 24.5 Å². The van der Waals surface area contributed by atoms with Gasteiger partial charge in [-0.05, 0) is 43.2 Å². The minimum Gasteiger partial charge on any atom is -0.493 e. The summed E-state index contributed by atoms with van der Waals surface area (Å²) in [6, 6.07) is 7.82. The Morgan fingerprint density at radius 2 is 1.86 bits per heavy atom. The highest BCUT2D eigenvalue weighted by Gasteiger charge is 2.25. The number of carbonyl (C=O) groups is 1. The fourth-order valence-corrected chi connectivity index (χ4v) is 3.77. The molecule has 0 saturated carbocycles. The molecule has 0 aliphatic rings. The van der Waals surface area contributed by atoms with Gasteiger partial charge in [-0.25, -0.2) is 13.2 Å². The molecule has 2 aromatic carbocycles. The standard InChI is InChI=1S/C21H27NO6S/c1-5-7-10-22-16-12-15(21(23)24)13-19(29(25,26)6-2)20(16)28-17-9-8-14(3)11-18(17)27-4/h8-9,11-13,22H,5-7,10H2,1-4H3,(H,23,24). The van der Waals surface area contributed by atoms with Gasteiger partial charge >= 0.3 is 5.97 Å². The van der Waals surface area contributed by atoms with Gasteiger partial charge in [-0.1, -0.05) is 26.3 Å². The van der Waals surface area contributed by atoms with Crippen LogP contribution in [0.1, 0.15) is 42.6 Å². The largest absolute Gasteiger partial charge is 0.493 e. The highest BCUT2D eigenvalue weighted by Crippen LogP contribution is 2.41. The molecule has 0 amide bonds. The van der Waals surface area contributed by atoms with E-state index >= 15 is 0 Å². The van der Waals surface area contributed by atoms with Gasteiger partial charge in [-0.3, -0.25) is 0 Å². The van der Waals surface area contributed by atoms with E-state index in [2.05, 4.69) is 5.32 Å². The fourth-order valence-electron chi connectivity index (χ4n) is 2.72. The molecule has 0 aliphatic heterocycles. The van der Waals surface area contributed by atoms with E-state index in [1.54, 1.807) is 12.1 Å². The van der Waals surface area contributed by atoms with E-state index in [1.807, 2.05) is 19.9 Å². The molecule has 8 heteroatoms. The van der Waals surface area contributed by atoms with Crippen LogP contribution in [0.5, 0.6) is 17.2 Å². The van der Waals surface area contributed by atoms with Crippen LogP contribution >= 0.6 is 0 Å². The summed E-state index contributed by atoms with van der Waals surface area (Å²) < 4.78 is 36.9. The zero-order valence-electron chi connectivity index (χ0n) is 17.1. The lowest BCUT2D eigenvalue weighted by Gasteiger charge is -2.19. The number of carboxylic acid groups (broad SMARTS) is 1. The average molecular weight is 422 g/mol. The Bertz CT molecular complexity index is 985. The van der Waals surface area contributed by atoms with Crippen LogP contribution in [-0.4, -0.2) is 38.9 Å². The number of benzene rings is 2. The van der Waals surface area contributed by atoms with Crippen LogP contribution in [0.25, 0.3) is 0 Å². The van der Waals surface area contributed by atoms with Crippen molar-refractivity contribution >= 4 is 21.5 Å². The molecule has 0 unspecified atom stereocenters. The van der Waals surface area contributed by atoms with Crippen LogP contribution in [0.4, 0.5) is 5.69 Å². The fraction of sp³-hybridized carbons (Fsp3) is 0.381. The smallest absolute Gasteiger partial charge is 0.335 e. The Kier molecular flexibility index (Phi) is 7.50. The molecule has 0 spiro atoms. The maximum absolute atomic E-state index is 12.7.